The molecule has 2 aromatic heterocycles. The van der Waals surface area contributed by atoms with E-state index in [0.29, 0.717) is 36.8 Å². The van der Waals surface area contributed by atoms with Gasteiger partial charge >= 0.3 is 0 Å². The Morgan fingerprint density at radius 2 is 1.94 bits per heavy atom. The Kier molecular flexibility index (Phi) is 4.97. The number of rotatable bonds is 3. The molecule has 0 saturated carbocycles. The maximum Gasteiger partial charge on any atom is 0.256 e. The molecule has 0 unspecified atom stereocenters. The van der Waals surface area contributed by atoms with Gasteiger partial charge in [0.25, 0.3) is 5.91 Å². The molecule has 6 rings (SSSR count). The fourth-order valence-electron chi connectivity index (χ4n) is 5.29. The molecule has 1 saturated heterocycles. The summed E-state index contributed by atoms with van der Waals surface area (Å²) >= 11 is 6.31. The van der Waals surface area contributed by atoms with Gasteiger partial charge in [0.15, 0.2) is 0 Å². The number of amides is 1. The van der Waals surface area contributed by atoms with E-state index in [9.17, 15) is 4.79 Å². The highest BCUT2D eigenvalue weighted by Gasteiger charge is 2.43. The number of halogens is 1. The SMILES string of the molecule is O=C(c1cn(Cc2cccnc2)c2cc(Cl)ccc12)N1CCC2(CC1)OCc1ccccc12. The lowest BCUT2D eigenvalue weighted by Crippen LogP contribution is -2.45. The number of carbonyl (C=O) groups is 1. The Morgan fingerprint density at radius 3 is 2.76 bits per heavy atom. The average molecular weight is 458 g/mol. The van der Waals surface area contributed by atoms with Gasteiger partial charge in [-0.25, -0.2) is 0 Å². The van der Waals surface area contributed by atoms with Crippen LogP contribution in [0.2, 0.25) is 5.02 Å². The van der Waals surface area contributed by atoms with Crippen LogP contribution in [0.25, 0.3) is 10.9 Å². The van der Waals surface area contributed by atoms with Crippen molar-refractivity contribution < 1.29 is 9.53 Å². The predicted molar refractivity (Wildman–Crippen MR) is 128 cm³/mol. The van der Waals surface area contributed by atoms with Crippen molar-refractivity contribution in [1.82, 2.24) is 14.5 Å². The van der Waals surface area contributed by atoms with Crippen molar-refractivity contribution in [1.29, 1.82) is 0 Å². The van der Waals surface area contributed by atoms with E-state index in [2.05, 4.69) is 33.8 Å². The lowest BCUT2D eigenvalue weighted by molar-refractivity contribution is -0.0741. The zero-order valence-corrected chi connectivity index (χ0v) is 19.0. The number of fused-ring (bicyclic) bond motifs is 3. The molecule has 1 spiro atoms. The number of ether oxygens (including phenoxy) is 1. The number of benzene rings is 2. The van der Waals surface area contributed by atoms with Gasteiger partial charge in [-0.1, -0.05) is 48.0 Å². The molecule has 0 aliphatic carbocycles. The van der Waals surface area contributed by atoms with Crippen LogP contribution in [0.4, 0.5) is 0 Å². The second kappa shape index (κ2) is 8.01. The summed E-state index contributed by atoms with van der Waals surface area (Å²) in [5, 5.41) is 1.58. The van der Waals surface area contributed by atoms with Crippen LogP contribution in [0.5, 0.6) is 0 Å². The Labute approximate surface area is 197 Å². The molecule has 6 heteroatoms. The van der Waals surface area contributed by atoms with E-state index in [-0.39, 0.29) is 11.5 Å². The van der Waals surface area contributed by atoms with E-state index in [0.717, 1.165) is 29.3 Å². The first-order valence-electron chi connectivity index (χ1n) is 11.3. The van der Waals surface area contributed by atoms with Crippen LogP contribution in [0, 0.1) is 0 Å². The first kappa shape index (κ1) is 20.5. The van der Waals surface area contributed by atoms with Crippen molar-refractivity contribution in [3.05, 3.63) is 100 Å². The highest BCUT2D eigenvalue weighted by Crippen LogP contribution is 2.44. The molecule has 1 fully saturated rings. The van der Waals surface area contributed by atoms with Gasteiger partial charge in [0.05, 0.1) is 23.3 Å². The highest BCUT2D eigenvalue weighted by molar-refractivity contribution is 6.31. The van der Waals surface area contributed by atoms with Gasteiger partial charge in [0.1, 0.15) is 0 Å². The third kappa shape index (κ3) is 3.52. The van der Waals surface area contributed by atoms with Crippen molar-refractivity contribution in [3.8, 4) is 0 Å². The molecule has 4 heterocycles. The minimum Gasteiger partial charge on any atom is -0.365 e. The number of carbonyl (C=O) groups excluding carboxylic acids is 1. The van der Waals surface area contributed by atoms with Gasteiger partial charge in [-0.15, -0.1) is 0 Å². The van der Waals surface area contributed by atoms with Crippen LogP contribution in [0.3, 0.4) is 0 Å². The number of aromatic nitrogens is 2. The molecule has 2 aromatic carbocycles. The Hall–Kier alpha value is -3.15. The second-order valence-electron chi connectivity index (χ2n) is 8.93. The third-order valence-corrected chi connectivity index (χ3v) is 7.26. The van der Waals surface area contributed by atoms with E-state index >= 15 is 0 Å². The van der Waals surface area contributed by atoms with Crippen molar-refractivity contribution in [2.24, 2.45) is 0 Å². The first-order chi connectivity index (χ1) is 16.1. The predicted octanol–water partition coefficient (Wildman–Crippen LogP) is 5.40. The van der Waals surface area contributed by atoms with Crippen LogP contribution < -0.4 is 0 Å². The minimum atomic E-state index is -0.255. The van der Waals surface area contributed by atoms with Gasteiger partial charge in [-0.05, 0) is 47.7 Å². The second-order valence-corrected chi connectivity index (χ2v) is 9.36. The number of piperidine rings is 1. The molecule has 2 aliphatic heterocycles. The smallest absolute Gasteiger partial charge is 0.256 e. The number of nitrogens with zero attached hydrogens (tertiary/aromatic N) is 3. The normalized spacial score (nSPS) is 16.9. The van der Waals surface area contributed by atoms with Crippen molar-refractivity contribution >= 4 is 28.4 Å². The maximum absolute atomic E-state index is 13.6. The Morgan fingerprint density at radius 1 is 1.09 bits per heavy atom. The van der Waals surface area contributed by atoms with Crippen LogP contribution in [0.1, 0.15) is 39.9 Å². The van der Waals surface area contributed by atoms with Crippen molar-refractivity contribution in [2.75, 3.05) is 13.1 Å². The van der Waals surface area contributed by atoms with Crippen LogP contribution in [-0.2, 0) is 23.5 Å². The lowest BCUT2D eigenvalue weighted by Gasteiger charge is -2.39. The maximum atomic E-state index is 13.6. The minimum absolute atomic E-state index is 0.0633. The van der Waals surface area contributed by atoms with Gasteiger partial charge in [0.2, 0.25) is 0 Å². The van der Waals surface area contributed by atoms with Crippen LogP contribution >= 0.6 is 11.6 Å². The summed E-state index contributed by atoms with van der Waals surface area (Å²) in [4.78, 5) is 19.8. The van der Waals surface area contributed by atoms with Crippen molar-refractivity contribution in [2.45, 2.75) is 31.6 Å². The molecule has 0 bridgehead atoms. The van der Waals surface area contributed by atoms with Crippen molar-refractivity contribution in [3.63, 3.8) is 0 Å². The molecule has 2 aliphatic rings. The fourth-order valence-corrected chi connectivity index (χ4v) is 5.46. The summed E-state index contributed by atoms with van der Waals surface area (Å²) in [5.74, 6) is 0.0633. The number of likely N-dealkylation sites (tertiary alicyclic amines) is 1. The van der Waals surface area contributed by atoms with E-state index in [1.807, 2.05) is 47.6 Å². The standard InChI is InChI=1S/C27H24ClN3O2/c28-21-7-8-22-23(17-31(25(22)14-21)16-19-4-3-11-29-15-19)26(32)30-12-9-27(10-13-30)24-6-2-1-5-20(24)18-33-27/h1-8,11,14-15,17H,9-10,12-13,16,18H2. The first-order valence-corrected chi connectivity index (χ1v) is 11.7. The lowest BCUT2D eigenvalue weighted by atomic mass is 9.83. The molecule has 1 amide bonds. The van der Waals surface area contributed by atoms with Gasteiger partial charge in [-0.2, -0.15) is 0 Å². The summed E-state index contributed by atoms with van der Waals surface area (Å²) in [5.41, 5.74) is 5.05. The molecule has 0 N–H and O–H groups in total. The summed E-state index contributed by atoms with van der Waals surface area (Å²) in [6.07, 6.45) is 7.20. The quantitative estimate of drug-likeness (QED) is 0.414. The molecule has 0 atom stereocenters. The zero-order valence-electron chi connectivity index (χ0n) is 18.2. The molecule has 4 aromatic rings. The Balaban J connectivity index is 1.28. The van der Waals surface area contributed by atoms with E-state index in [1.54, 1.807) is 6.20 Å². The highest BCUT2D eigenvalue weighted by atomic mass is 35.5. The average Bonchev–Trinajstić information content (AvgIpc) is 3.38. The topological polar surface area (TPSA) is 47.4 Å². The van der Waals surface area contributed by atoms with Gasteiger partial charge < -0.3 is 14.2 Å². The third-order valence-electron chi connectivity index (χ3n) is 7.02. The molecule has 0 radical (unpaired) electrons. The summed E-state index contributed by atoms with van der Waals surface area (Å²) in [7, 11) is 0. The largest absolute Gasteiger partial charge is 0.365 e. The van der Waals surface area contributed by atoms with Gasteiger partial charge in [0, 0.05) is 48.6 Å². The monoisotopic (exact) mass is 457 g/mol. The Bertz CT molecular complexity index is 1340. The molecular formula is C27H24ClN3O2. The van der Waals surface area contributed by atoms with Gasteiger partial charge in [-0.3, -0.25) is 9.78 Å². The van der Waals surface area contributed by atoms with E-state index in [4.69, 9.17) is 16.3 Å². The van der Waals surface area contributed by atoms with E-state index in [1.165, 1.54) is 11.1 Å². The fraction of sp³-hybridized carbons (Fsp3) is 0.259. The molecule has 166 valence electrons. The summed E-state index contributed by atoms with van der Waals surface area (Å²) in [6, 6.07) is 18.2. The number of hydrogen-bond donors (Lipinski definition) is 0. The number of hydrogen-bond acceptors (Lipinski definition) is 3. The molecular weight excluding hydrogens is 434 g/mol. The zero-order chi connectivity index (χ0) is 22.4. The summed E-state index contributed by atoms with van der Waals surface area (Å²) in [6.45, 7) is 2.64. The summed E-state index contributed by atoms with van der Waals surface area (Å²) < 4.78 is 8.37. The van der Waals surface area contributed by atoms with E-state index < -0.39 is 0 Å². The van der Waals surface area contributed by atoms with Crippen LogP contribution in [-0.4, -0.2) is 33.4 Å². The van der Waals surface area contributed by atoms with Crippen LogP contribution in [0.15, 0.2) is 73.2 Å². The molecule has 33 heavy (non-hydrogen) atoms. The number of pyridine rings is 1. The molecule has 5 nitrogen and oxygen atoms in total.